The van der Waals surface area contributed by atoms with E-state index in [2.05, 4.69) is 26.0 Å². The Kier molecular flexibility index (Phi) is 5.73. The Morgan fingerprint density at radius 2 is 1.86 bits per heavy atom. The van der Waals surface area contributed by atoms with Crippen molar-refractivity contribution in [1.29, 1.82) is 0 Å². The van der Waals surface area contributed by atoms with Crippen molar-refractivity contribution in [2.75, 3.05) is 19.5 Å². The van der Waals surface area contributed by atoms with Gasteiger partial charge in [0.1, 0.15) is 5.82 Å². The van der Waals surface area contributed by atoms with Crippen LogP contribution in [-0.4, -0.2) is 35.5 Å². The van der Waals surface area contributed by atoms with Crippen molar-refractivity contribution in [3.05, 3.63) is 59.5 Å². The van der Waals surface area contributed by atoms with Gasteiger partial charge in [0, 0.05) is 0 Å². The fourth-order valence-electron chi connectivity index (χ4n) is 2.64. The normalized spacial score (nSPS) is 11.6. The molecular weight excluding hydrogens is 365 g/mol. The van der Waals surface area contributed by atoms with Crippen LogP contribution in [0, 0.1) is 5.82 Å². The number of aromatic nitrogens is 3. The summed E-state index contributed by atoms with van der Waals surface area (Å²) in [6.07, 6.45) is 0. The van der Waals surface area contributed by atoms with Crippen LogP contribution in [0.2, 0.25) is 0 Å². The Hall–Kier alpha value is -3.62. The number of nitrogens with one attached hydrogen (secondary N) is 3. The molecule has 1 amide bonds. The number of carbonyl (C=O) groups excluding carboxylic acids is 1. The summed E-state index contributed by atoms with van der Waals surface area (Å²) in [7, 11) is 3.10. The van der Waals surface area contributed by atoms with Crippen molar-refractivity contribution >= 4 is 17.4 Å². The van der Waals surface area contributed by atoms with Gasteiger partial charge in [-0.25, -0.2) is 4.39 Å². The molecule has 0 saturated carbocycles. The molecule has 0 fully saturated rings. The third-order valence-corrected chi connectivity index (χ3v) is 4.15. The van der Waals surface area contributed by atoms with Gasteiger partial charge in [0.05, 0.1) is 25.9 Å². The molecular formula is C19H20FN5O3. The SMILES string of the molecule is COc1ccc([C@@H](C)NC(=O)c2n[nH]nc2Nc2ccccc2F)cc1OC. The summed E-state index contributed by atoms with van der Waals surface area (Å²) in [6, 6.07) is 11.1. The molecule has 0 spiro atoms. The van der Waals surface area contributed by atoms with Gasteiger partial charge in [0.25, 0.3) is 5.91 Å². The zero-order valence-electron chi connectivity index (χ0n) is 15.6. The molecule has 0 radical (unpaired) electrons. The predicted molar refractivity (Wildman–Crippen MR) is 101 cm³/mol. The Labute approximate surface area is 161 Å². The third kappa shape index (κ3) is 4.03. The van der Waals surface area contributed by atoms with E-state index in [1.807, 2.05) is 13.0 Å². The summed E-state index contributed by atoms with van der Waals surface area (Å²) in [5.74, 6) is 0.356. The number of anilines is 2. The molecule has 1 aromatic heterocycles. The van der Waals surface area contributed by atoms with Crippen molar-refractivity contribution in [3.63, 3.8) is 0 Å². The highest BCUT2D eigenvalue weighted by atomic mass is 19.1. The number of halogens is 1. The lowest BCUT2D eigenvalue weighted by Gasteiger charge is -2.16. The van der Waals surface area contributed by atoms with Crippen molar-refractivity contribution in [3.8, 4) is 11.5 Å². The summed E-state index contributed by atoms with van der Waals surface area (Å²) in [4.78, 5) is 12.6. The molecule has 2 aromatic carbocycles. The molecule has 146 valence electrons. The molecule has 3 aromatic rings. The minimum atomic E-state index is -0.463. The molecule has 3 N–H and O–H groups in total. The number of ether oxygens (including phenoxy) is 2. The number of nitrogens with zero attached hydrogens (tertiary/aromatic N) is 2. The van der Waals surface area contributed by atoms with Gasteiger partial charge in [0.2, 0.25) is 0 Å². The topological polar surface area (TPSA) is 101 Å². The van der Waals surface area contributed by atoms with Gasteiger partial charge in [-0.2, -0.15) is 5.21 Å². The zero-order valence-corrected chi connectivity index (χ0v) is 15.6. The lowest BCUT2D eigenvalue weighted by molar-refractivity contribution is 0.0935. The molecule has 8 nitrogen and oxygen atoms in total. The van der Waals surface area contributed by atoms with Crippen LogP contribution in [0.1, 0.15) is 29.0 Å². The van der Waals surface area contributed by atoms with E-state index in [0.29, 0.717) is 11.5 Å². The Bertz CT molecular complexity index is 976. The number of carbonyl (C=O) groups is 1. The summed E-state index contributed by atoms with van der Waals surface area (Å²) >= 11 is 0. The Balaban J connectivity index is 1.75. The van der Waals surface area contributed by atoms with Gasteiger partial charge in [0.15, 0.2) is 23.0 Å². The van der Waals surface area contributed by atoms with Crippen LogP contribution in [0.25, 0.3) is 0 Å². The number of aromatic amines is 1. The van der Waals surface area contributed by atoms with Crippen LogP contribution in [0.4, 0.5) is 15.9 Å². The molecule has 0 bridgehead atoms. The fraction of sp³-hybridized carbons (Fsp3) is 0.211. The molecule has 0 aliphatic carbocycles. The monoisotopic (exact) mass is 385 g/mol. The van der Waals surface area contributed by atoms with Gasteiger partial charge < -0.3 is 20.1 Å². The summed E-state index contributed by atoms with van der Waals surface area (Å²) in [5, 5.41) is 15.8. The van der Waals surface area contributed by atoms with Crippen LogP contribution in [0.5, 0.6) is 11.5 Å². The molecule has 1 heterocycles. The maximum Gasteiger partial charge on any atom is 0.276 e. The highest BCUT2D eigenvalue weighted by Crippen LogP contribution is 2.30. The number of hydrogen-bond donors (Lipinski definition) is 3. The minimum Gasteiger partial charge on any atom is -0.493 e. The molecule has 0 aliphatic heterocycles. The number of H-pyrrole nitrogens is 1. The lowest BCUT2D eigenvalue weighted by atomic mass is 10.1. The van der Waals surface area contributed by atoms with Crippen LogP contribution in [0.3, 0.4) is 0 Å². The van der Waals surface area contributed by atoms with Crippen molar-refractivity contribution < 1.29 is 18.7 Å². The van der Waals surface area contributed by atoms with E-state index in [-0.39, 0.29) is 23.2 Å². The first-order chi connectivity index (χ1) is 13.5. The predicted octanol–water partition coefficient (Wildman–Crippen LogP) is 3.20. The average molecular weight is 385 g/mol. The van der Waals surface area contributed by atoms with Gasteiger partial charge >= 0.3 is 0 Å². The first-order valence-electron chi connectivity index (χ1n) is 8.48. The van der Waals surface area contributed by atoms with Crippen LogP contribution >= 0.6 is 0 Å². The summed E-state index contributed by atoms with van der Waals surface area (Å²) < 4.78 is 24.3. The van der Waals surface area contributed by atoms with Crippen LogP contribution in [0.15, 0.2) is 42.5 Å². The Morgan fingerprint density at radius 3 is 2.57 bits per heavy atom. The van der Waals surface area contributed by atoms with Crippen LogP contribution < -0.4 is 20.1 Å². The van der Waals surface area contributed by atoms with E-state index >= 15 is 0 Å². The molecule has 0 unspecified atom stereocenters. The second kappa shape index (κ2) is 8.38. The third-order valence-electron chi connectivity index (χ3n) is 4.15. The molecule has 3 rings (SSSR count). The number of para-hydroxylation sites is 1. The largest absolute Gasteiger partial charge is 0.493 e. The zero-order chi connectivity index (χ0) is 20.1. The van der Waals surface area contributed by atoms with Crippen molar-refractivity contribution in [2.45, 2.75) is 13.0 Å². The number of methoxy groups -OCH3 is 2. The first-order valence-corrected chi connectivity index (χ1v) is 8.48. The Morgan fingerprint density at radius 1 is 1.11 bits per heavy atom. The van der Waals surface area contributed by atoms with Crippen LogP contribution in [-0.2, 0) is 0 Å². The summed E-state index contributed by atoms with van der Waals surface area (Å²) in [6.45, 7) is 1.82. The number of hydrogen-bond acceptors (Lipinski definition) is 6. The quantitative estimate of drug-likeness (QED) is 0.577. The molecule has 1 atom stereocenters. The van der Waals surface area contributed by atoms with E-state index in [1.165, 1.54) is 12.1 Å². The van der Waals surface area contributed by atoms with Crippen molar-refractivity contribution in [1.82, 2.24) is 20.7 Å². The van der Waals surface area contributed by atoms with Gasteiger partial charge in [-0.1, -0.05) is 18.2 Å². The molecule has 9 heteroatoms. The number of rotatable bonds is 7. The smallest absolute Gasteiger partial charge is 0.276 e. The fourth-order valence-corrected chi connectivity index (χ4v) is 2.64. The van der Waals surface area contributed by atoms with Gasteiger partial charge in [-0.05, 0) is 36.8 Å². The molecule has 0 aliphatic rings. The van der Waals surface area contributed by atoms with E-state index in [0.717, 1.165) is 5.56 Å². The molecule has 28 heavy (non-hydrogen) atoms. The average Bonchev–Trinajstić information content (AvgIpc) is 3.17. The highest BCUT2D eigenvalue weighted by molar-refractivity contribution is 5.97. The number of amides is 1. The number of benzene rings is 2. The maximum atomic E-state index is 13.8. The second-order valence-corrected chi connectivity index (χ2v) is 5.94. The first kappa shape index (κ1) is 19.2. The maximum absolute atomic E-state index is 13.8. The van der Waals surface area contributed by atoms with Gasteiger partial charge in [-0.3, -0.25) is 4.79 Å². The lowest BCUT2D eigenvalue weighted by Crippen LogP contribution is -2.27. The summed E-state index contributed by atoms with van der Waals surface area (Å²) in [5.41, 5.74) is 1.03. The van der Waals surface area contributed by atoms with Gasteiger partial charge in [-0.15, -0.1) is 10.2 Å². The second-order valence-electron chi connectivity index (χ2n) is 5.94. The standard InChI is InChI=1S/C19H20FN5O3/c1-11(12-8-9-15(27-2)16(10-12)28-3)21-19(26)17-18(24-25-23-17)22-14-7-5-4-6-13(14)20/h4-11H,1-3H3,(H,21,26)(H2,22,23,24,25)/t11-/m1/s1. The van der Waals surface area contributed by atoms with Crippen molar-refractivity contribution in [2.24, 2.45) is 0 Å². The van der Waals surface area contributed by atoms with E-state index in [4.69, 9.17) is 9.47 Å². The molecule has 0 saturated heterocycles. The van der Waals surface area contributed by atoms with E-state index < -0.39 is 11.7 Å². The highest BCUT2D eigenvalue weighted by Gasteiger charge is 2.20. The van der Waals surface area contributed by atoms with E-state index in [1.54, 1.807) is 38.5 Å². The minimum absolute atomic E-state index is 0.0237. The van der Waals surface area contributed by atoms with E-state index in [9.17, 15) is 9.18 Å².